The lowest BCUT2D eigenvalue weighted by atomic mass is 9.89. The molecular formula is C20H22FNO2. The fourth-order valence-corrected chi connectivity index (χ4v) is 3.27. The van der Waals surface area contributed by atoms with Gasteiger partial charge in [0.15, 0.2) is 0 Å². The number of amides is 1. The van der Waals surface area contributed by atoms with E-state index < -0.39 is 0 Å². The number of likely N-dealkylation sites (tertiary alicyclic amines) is 1. The summed E-state index contributed by atoms with van der Waals surface area (Å²) in [7, 11) is 0. The van der Waals surface area contributed by atoms with E-state index in [2.05, 4.69) is 0 Å². The highest BCUT2D eigenvalue weighted by molar-refractivity contribution is 5.76. The number of hydrogen-bond acceptors (Lipinski definition) is 2. The van der Waals surface area contributed by atoms with Crippen LogP contribution in [-0.4, -0.2) is 29.0 Å². The topological polar surface area (TPSA) is 40.5 Å². The first kappa shape index (κ1) is 16.5. The zero-order valence-electron chi connectivity index (χ0n) is 13.6. The standard InChI is InChI=1S/C20H22FNO2/c21-18-6-1-15(2-7-18)3-10-20(24)22-13-11-17(12-14-22)16-4-8-19(23)9-5-16/h1-2,4-9,17,23H,3,10-14H2. The first-order valence-electron chi connectivity index (χ1n) is 8.43. The van der Waals surface area contributed by atoms with Crippen molar-refractivity contribution in [1.29, 1.82) is 0 Å². The first-order valence-corrected chi connectivity index (χ1v) is 8.43. The van der Waals surface area contributed by atoms with Crippen LogP contribution in [0.2, 0.25) is 0 Å². The molecule has 0 unspecified atom stereocenters. The predicted octanol–water partition coefficient (Wildman–Crippen LogP) is 3.87. The number of carbonyl (C=O) groups excluding carboxylic acids is 1. The van der Waals surface area contributed by atoms with Gasteiger partial charge in [0.2, 0.25) is 5.91 Å². The third-order valence-electron chi connectivity index (χ3n) is 4.75. The van der Waals surface area contributed by atoms with E-state index in [1.807, 2.05) is 17.0 Å². The molecule has 1 saturated heterocycles. The summed E-state index contributed by atoms with van der Waals surface area (Å²) in [5.41, 5.74) is 2.22. The second kappa shape index (κ2) is 7.47. The number of aryl methyl sites for hydroxylation is 1. The molecule has 4 heteroatoms. The van der Waals surface area contributed by atoms with Gasteiger partial charge in [-0.1, -0.05) is 24.3 Å². The van der Waals surface area contributed by atoms with Gasteiger partial charge in [0, 0.05) is 19.5 Å². The molecule has 0 radical (unpaired) electrons. The normalized spacial score (nSPS) is 15.5. The largest absolute Gasteiger partial charge is 0.508 e. The lowest BCUT2D eigenvalue weighted by Gasteiger charge is -2.32. The number of hydrogen-bond donors (Lipinski definition) is 1. The Kier molecular flexibility index (Phi) is 5.14. The molecule has 0 aliphatic carbocycles. The van der Waals surface area contributed by atoms with Crippen molar-refractivity contribution >= 4 is 5.91 Å². The summed E-state index contributed by atoms with van der Waals surface area (Å²) < 4.78 is 12.9. The van der Waals surface area contributed by atoms with Gasteiger partial charge in [-0.15, -0.1) is 0 Å². The van der Waals surface area contributed by atoms with Crippen LogP contribution in [0.4, 0.5) is 4.39 Å². The molecule has 24 heavy (non-hydrogen) atoms. The summed E-state index contributed by atoms with van der Waals surface area (Å²) in [6, 6.07) is 13.7. The van der Waals surface area contributed by atoms with Crippen LogP contribution in [-0.2, 0) is 11.2 Å². The van der Waals surface area contributed by atoms with Gasteiger partial charge in [-0.3, -0.25) is 4.79 Å². The zero-order chi connectivity index (χ0) is 16.9. The summed E-state index contributed by atoms with van der Waals surface area (Å²) in [6.45, 7) is 1.54. The van der Waals surface area contributed by atoms with E-state index >= 15 is 0 Å². The van der Waals surface area contributed by atoms with Gasteiger partial charge < -0.3 is 10.0 Å². The van der Waals surface area contributed by atoms with Gasteiger partial charge in [0.25, 0.3) is 0 Å². The van der Waals surface area contributed by atoms with Crippen LogP contribution in [0.3, 0.4) is 0 Å². The second-order valence-electron chi connectivity index (χ2n) is 6.37. The van der Waals surface area contributed by atoms with E-state index in [9.17, 15) is 14.3 Å². The van der Waals surface area contributed by atoms with E-state index in [-0.39, 0.29) is 17.5 Å². The van der Waals surface area contributed by atoms with Crippen molar-refractivity contribution in [3.05, 3.63) is 65.5 Å². The number of phenols is 1. The van der Waals surface area contributed by atoms with E-state index in [4.69, 9.17) is 0 Å². The van der Waals surface area contributed by atoms with Crippen LogP contribution < -0.4 is 0 Å². The van der Waals surface area contributed by atoms with Crippen molar-refractivity contribution in [1.82, 2.24) is 4.90 Å². The number of aromatic hydroxyl groups is 1. The molecule has 1 aliphatic heterocycles. The maximum Gasteiger partial charge on any atom is 0.222 e. The number of halogens is 1. The molecule has 1 aliphatic rings. The van der Waals surface area contributed by atoms with E-state index in [1.165, 1.54) is 17.7 Å². The Bertz CT molecular complexity index is 674. The van der Waals surface area contributed by atoms with Crippen LogP contribution in [0.25, 0.3) is 0 Å². The fraction of sp³-hybridized carbons (Fsp3) is 0.350. The van der Waals surface area contributed by atoms with Crippen LogP contribution in [0.5, 0.6) is 5.75 Å². The van der Waals surface area contributed by atoms with E-state index in [0.29, 0.717) is 18.8 Å². The summed E-state index contributed by atoms with van der Waals surface area (Å²) >= 11 is 0. The Morgan fingerprint density at radius 2 is 1.67 bits per heavy atom. The molecule has 3 nitrogen and oxygen atoms in total. The number of nitrogens with zero attached hydrogens (tertiary/aromatic N) is 1. The van der Waals surface area contributed by atoms with E-state index in [0.717, 1.165) is 31.5 Å². The Morgan fingerprint density at radius 1 is 1.04 bits per heavy atom. The molecule has 0 saturated carbocycles. The Labute approximate surface area is 141 Å². The molecule has 0 atom stereocenters. The third-order valence-corrected chi connectivity index (χ3v) is 4.75. The van der Waals surface area contributed by atoms with Crippen LogP contribution >= 0.6 is 0 Å². The lowest BCUT2D eigenvalue weighted by molar-refractivity contribution is -0.132. The average molecular weight is 327 g/mol. The summed E-state index contributed by atoms with van der Waals surface area (Å²) in [6.07, 6.45) is 3.02. The minimum absolute atomic E-state index is 0.170. The second-order valence-corrected chi connectivity index (χ2v) is 6.37. The van der Waals surface area contributed by atoms with Crippen molar-refractivity contribution in [3.8, 4) is 5.75 Å². The first-order chi connectivity index (χ1) is 11.6. The zero-order valence-corrected chi connectivity index (χ0v) is 13.6. The average Bonchev–Trinajstić information content (AvgIpc) is 2.62. The third kappa shape index (κ3) is 4.13. The molecule has 1 fully saturated rings. The molecule has 0 aromatic heterocycles. The highest BCUT2D eigenvalue weighted by Crippen LogP contribution is 2.29. The van der Waals surface area contributed by atoms with Crippen LogP contribution in [0, 0.1) is 5.82 Å². The van der Waals surface area contributed by atoms with Crippen molar-refractivity contribution < 1.29 is 14.3 Å². The van der Waals surface area contributed by atoms with Crippen molar-refractivity contribution in [2.75, 3.05) is 13.1 Å². The molecule has 2 aromatic carbocycles. The minimum Gasteiger partial charge on any atom is -0.508 e. The molecule has 0 spiro atoms. The van der Waals surface area contributed by atoms with Gasteiger partial charge in [0.05, 0.1) is 0 Å². The SMILES string of the molecule is O=C(CCc1ccc(F)cc1)N1CCC(c2ccc(O)cc2)CC1. The number of phenolic OH excluding ortho intramolecular Hbond substituents is 1. The smallest absolute Gasteiger partial charge is 0.222 e. The number of rotatable bonds is 4. The summed E-state index contributed by atoms with van der Waals surface area (Å²) in [5, 5.41) is 9.36. The van der Waals surface area contributed by atoms with Gasteiger partial charge in [0.1, 0.15) is 11.6 Å². The van der Waals surface area contributed by atoms with Crippen LogP contribution in [0.1, 0.15) is 36.3 Å². The maximum absolute atomic E-state index is 12.9. The quantitative estimate of drug-likeness (QED) is 0.926. The monoisotopic (exact) mass is 327 g/mol. The summed E-state index contributed by atoms with van der Waals surface area (Å²) in [5.74, 6) is 0.656. The molecule has 126 valence electrons. The van der Waals surface area contributed by atoms with Crippen molar-refractivity contribution in [2.24, 2.45) is 0 Å². The molecule has 3 rings (SSSR count). The van der Waals surface area contributed by atoms with Gasteiger partial charge in [-0.2, -0.15) is 0 Å². The highest BCUT2D eigenvalue weighted by Gasteiger charge is 2.23. The van der Waals surface area contributed by atoms with E-state index in [1.54, 1.807) is 24.3 Å². The van der Waals surface area contributed by atoms with Crippen LogP contribution in [0.15, 0.2) is 48.5 Å². The number of piperidine rings is 1. The fourth-order valence-electron chi connectivity index (χ4n) is 3.27. The Balaban J connectivity index is 1.48. The van der Waals surface area contributed by atoms with Gasteiger partial charge >= 0.3 is 0 Å². The lowest BCUT2D eigenvalue weighted by Crippen LogP contribution is -2.38. The number of benzene rings is 2. The van der Waals surface area contributed by atoms with Gasteiger partial charge in [-0.25, -0.2) is 4.39 Å². The molecular weight excluding hydrogens is 305 g/mol. The van der Waals surface area contributed by atoms with Crippen molar-refractivity contribution in [3.63, 3.8) is 0 Å². The molecule has 1 heterocycles. The summed E-state index contributed by atoms with van der Waals surface area (Å²) in [4.78, 5) is 14.3. The Morgan fingerprint density at radius 3 is 2.29 bits per heavy atom. The maximum atomic E-state index is 12.9. The Hall–Kier alpha value is -2.36. The molecule has 2 aromatic rings. The van der Waals surface area contributed by atoms with Crippen molar-refractivity contribution in [2.45, 2.75) is 31.6 Å². The number of carbonyl (C=O) groups is 1. The minimum atomic E-state index is -0.249. The highest BCUT2D eigenvalue weighted by atomic mass is 19.1. The molecule has 1 N–H and O–H groups in total. The molecule has 1 amide bonds. The molecule has 0 bridgehead atoms. The predicted molar refractivity (Wildman–Crippen MR) is 91.4 cm³/mol. The van der Waals surface area contributed by atoms with Gasteiger partial charge in [-0.05, 0) is 60.6 Å².